The summed E-state index contributed by atoms with van der Waals surface area (Å²) >= 11 is 7.61. The van der Waals surface area contributed by atoms with E-state index < -0.39 is 0 Å². The van der Waals surface area contributed by atoms with E-state index in [9.17, 15) is 4.79 Å². The maximum atomic E-state index is 12.5. The van der Waals surface area contributed by atoms with Crippen molar-refractivity contribution in [1.29, 1.82) is 0 Å². The summed E-state index contributed by atoms with van der Waals surface area (Å²) in [6, 6.07) is 15.7. The van der Waals surface area contributed by atoms with Gasteiger partial charge in [-0.15, -0.1) is 0 Å². The first-order valence-corrected chi connectivity index (χ1v) is 9.51. The Labute approximate surface area is 155 Å². The van der Waals surface area contributed by atoms with Crippen LogP contribution in [0.3, 0.4) is 0 Å². The van der Waals surface area contributed by atoms with Gasteiger partial charge in [0.05, 0.1) is 16.6 Å². The Kier molecular flexibility index (Phi) is 4.59. The van der Waals surface area contributed by atoms with Gasteiger partial charge in [0.15, 0.2) is 5.13 Å². The molecule has 1 aliphatic heterocycles. The summed E-state index contributed by atoms with van der Waals surface area (Å²) in [4.78, 5) is 21.4. The number of carbonyl (C=O) groups is 1. The molecule has 0 unspecified atom stereocenters. The van der Waals surface area contributed by atoms with Crippen LogP contribution < -0.4 is 4.90 Å². The standard InChI is InChI=1S/C19H18ClN3OS/c20-15-7-5-14(6-8-15)13-18(24)22-9-11-23(12-10-22)19-21-16-3-1-2-4-17(16)25-19/h1-8H,9-13H2. The number of anilines is 1. The van der Waals surface area contributed by atoms with Crippen molar-refractivity contribution >= 4 is 44.2 Å². The second-order valence-corrected chi connectivity index (χ2v) is 7.58. The summed E-state index contributed by atoms with van der Waals surface area (Å²) in [5, 5.41) is 1.74. The number of fused-ring (bicyclic) bond motifs is 1. The maximum absolute atomic E-state index is 12.5. The zero-order valence-corrected chi connectivity index (χ0v) is 15.3. The molecular formula is C19H18ClN3OS. The second kappa shape index (κ2) is 7.02. The molecule has 25 heavy (non-hydrogen) atoms. The highest BCUT2D eigenvalue weighted by Gasteiger charge is 2.23. The quantitative estimate of drug-likeness (QED) is 0.701. The average molecular weight is 372 g/mol. The highest BCUT2D eigenvalue weighted by atomic mass is 35.5. The van der Waals surface area contributed by atoms with Crippen molar-refractivity contribution in [3.05, 3.63) is 59.1 Å². The second-order valence-electron chi connectivity index (χ2n) is 6.14. The van der Waals surface area contributed by atoms with Crippen molar-refractivity contribution in [2.24, 2.45) is 0 Å². The van der Waals surface area contributed by atoms with E-state index in [2.05, 4.69) is 11.0 Å². The van der Waals surface area contributed by atoms with Gasteiger partial charge in [-0.2, -0.15) is 0 Å². The lowest BCUT2D eigenvalue weighted by atomic mass is 10.1. The Hall–Kier alpha value is -2.11. The van der Waals surface area contributed by atoms with Crippen molar-refractivity contribution in [2.45, 2.75) is 6.42 Å². The van der Waals surface area contributed by atoms with Crippen LogP contribution in [-0.4, -0.2) is 42.0 Å². The molecular weight excluding hydrogens is 354 g/mol. The number of carbonyl (C=O) groups excluding carboxylic acids is 1. The van der Waals surface area contributed by atoms with Gasteiger partial charge in [-0.1, -0.05) is 47.2 Å². The van der Waals surface area contributed by atoms with Crippen molar-refractivity contribution in [3.63, 3.8) is 0 Å². The highest BCUT2D eigenvalue weighted by Crippen LogP contribution is 2.29. The smallest absolute Gasteiger partial charge is 0.227 e. The number of aromatic nitrogens is 1. The molecule has 1 amide bonds. The van der Waals surface area contributed by atoms with E-state index in [1.807, 2.05) is 47.4 Å². The summed E-state index contributed by atoms with van der Waals surface area (Å²) in [6.07, 6.45) is 0.429. The third-order valence-corrected chi connectivity index (χ3v) is 5.80. The summed E-state index contributed by atoms with van der Waals surface area (Å²) in [6.45, 7) is 3.13. The van der Waals surface area contributed by atoms with Gasteiger partial charge in [-0.3, -0.25) is 4.79 Å². The molecule has 0 atom stereocenters. The van der Waals surface area contributed by atoms with Crippen molar-refractivity contribution in [2.75, 3.05) is 31.1 Å². The highest BCUT2D eigenvalue weighted by molar-refractivity contribution is 7.22. The number of para-hydroxylation sites is 1. The predicted octanol–water partition coefficient (Wildman–Crippen LogP) is 3.84. The molecule has 4 nitrogen and oxygen atoms in total. The van der Waals surface area contributed by atoms with Crippen LogP contribution in [0.5, 0.6) is 0 Å². The van der Waals surface area contributed by atoms with E-state index in [-0.39, 0.29) is 5.91 Å². The zero-order valence-electron chi connectivity index (χ0n) is 13.7. The Morgan fingerprint density at radius 1 is 1.04 bits per heavy atom. The summed E-state index contributed by atoms with van der Waals surface area (Å²) in [5.41, 5.74) is 2.05. The van der Waals surface area contributed by atoms with Crippen LogP contribution in [0.2, 0.25) is 5.02 Å². The molecule has 0 bridgehead atoms. The molecule has 1 saturated heterocycles. The van der Waals surface area contributed by atoms with Crippen molar-refractivity contribution < 1.29 is 4.79 Å². The lowest BCUT2D eigenvalue weighted by Gasteiger charge is -2.34. The minimum Gasteiger partial charge on any atom is -0.345 e. The molecule has 0 saturated carbocycles. The normalized spacial score (nSPS) is 14.9. The molecule has 1 fully saturated rings. The number of halogens is 1. The van der Waals surface area contributed by atoms with Crippen molar-refractivity contribution in [1.82, 2.24) is 9.88 Å². The van der Waals surface area contributed by atoms with Crippen LogP contribution in [0.15, 0.2) is 48.5 Å². The molecule has 2 heterocycles. The van der Waals surface area contributed by atoms with Gasteiger partial charge in [0.25, 0.3) is 0 Å². The van der Waals surface area contributed by atoms with Crippen LogP contribution in [0, 0.1) is 0 Å². The fourth-order valence-corrected chi connectivity index (χ4v) is 4.17. The van der Waals surface area contributed by atoms with Gasteiger partial charge < -0.3 is 9.80 Å². The minimum absolute atomic E-state index is 0.172. The van der Waals surface area contributed by atoms with Crippen LogP contribution in [0.25, 0.3) is 10.2 Å². The van der Waals surface area contributed by atoms with Crippen LogP contribution in [0.4, 0.5) is 5.13 Å². The molecule has 0 radical (unpaired) electrons. The van der Waals surface area contributed by atoms with Gasteiger partial charge in [0.1, 0.15) is 0 Å². The number of benzene rings is 2. The Morgan fingerprint density at radius 2 is 1.76 bits per heavy atom. The third kappa shape index (κ3) is 3.62. The van der Waals surface area contributed by atoms with Crippen molar-refractivity contribution in [3.8, 4) is 0 Å². The number of piperazine rings is 1. The van der Waals surface area contributed by atoms with Crippen LogP contribution >= 0.6 is 22.9 Å². The van der Waals surface area contributed by atoms with Gasteiger partial charge in [-0.05, 0) is 29.8 Å². The third-order valence-electron chi connectivity index (χ3n) is 4.45. The van der Waals surface area contributed by atoms with E-state index >= 15 is 0 Å². The van der Waals surface area contributed by atoms with E-state index in [4.69, 9.17) is 16.6 Å². The van der Waals surface area contributed by atoms with Gasteiger partial charge in [0.2, 0.25) is 5.91 Å². The molecule has 0 N–H and O–H groups in total. The number of amides is 1. The number of hydrogen-bond acceptors (Lipinski definition) is 4. The molecule has 4 rings (SSSR count). The minimum atomic E-state index is 0.172. The fraction of sp³-hybridized carbons (Fsp3) is 0.263. The molecule has 6 heteroatoms. The number of thiazole rings is 1. The molecule has 3 aromatic rings. The van der Waals surface area contributed by atoms with Crippen LogP contribution in [0.1, 0.15) is 5.56 Å². The summed E-state index contributed by atoms with van der Waals surface area (Å²) < 4.78 is 1.21. The van der Waals surface area contributed by atoms with E-state index in [0.717, 1.165) is 42.4 Å². The van der Waals surface area contributed by atoms with Gasteiger partial charge >= 0.3 is 0 Å². The number of rotatable bonds is 3. The summed E-state index contributed by atoms with van der Waals surface area (Å²) in [5.74, 6) is 0.172. The Bertz CT molecular complexity index is 852. The van der Waals surface area contributed by atoms with E-state index in [1.54, 1.807) is 11.3 Å². The molecule has 1 aliphatic rings. The predicted molar refractivity (Wildman–Crippen MR) is 104 cm³/mol. The van der Waals surface area contributed by atoms with E-state index in [1.165, 1.54) is 4.70 Å². The first-order valence-electron chi connectivity index (χ1n) is 8.32. The molecule has 0 aliphatic carbocycles. The first kappa shape index (κ1) is 16.4. The molecule has 0 spiro atoms. The Balaban J connectivity index is 1.37. The van der Waals surface area contributed by atoms with Gasteiger partial charge in [0, 0.05) is 31.2 Å². The number of hydrogen-bond donors (Lipinski definition) is 0. The fourth-order valence-electron chi connectivity index (χ4n) is 3.03. The molecule has 2 aromatic carbocycles. The average Bonchev–Trinajstić information content (AvgIpc) is 3.08. The van der Waals surface area contributed by atoms with E-state index in [0.29, 0.717) is 11.4 Å². The first-order chi connectivity index (χ1) is 12.2. The zero-order chi connectivity index (χ0) is 17.2. The topological polar surface area (TPSA) is 36.4 Å². The van der Waals surface area contributed by atoms with Gasteiger partial charge in [-0.25, -0.2) is 4.98 Å². The lowest BCUT2D eigenvalue weighted by Crippen LogP contribution is -2.49. The largest absolute Gasteiger partial charge is 0.345 e. The number of nitrogens with zero attached hydrogens (tertiary/aromatic N) is 3. The SMILES string of the molecule is O=C(Cc1ccc(Cl)cc1)N1CCN(c2nc3ccccc3s2)CC1. The Morgan fingerprint density at radius 3 is 2.48 bits per heavy atom. The monoisotopic (exact) mass is 371 g/mol. The summed E-state index contributed by atoms with van der Waals surface area (Å²) in [7, 11) is 0. The lowest BCUT2D eigenvalue weighted by molar-refractivity contribution is -0.130. The molecule has 1 aromatic heterocycles. The maximum Gasteiger partial charge on any atom is 0.227 e. The molecule has 128 valence electrons. The van der Waals surface area contributed by atoms with Crippen LogP contribution in [-0.2, 0) is 11.2 Å².